The highest BCUT2D eigenvalue weighted by molar-refractivity contribution is 7.89. The maximum atomic E-state index is 13.7. The van der Waals surface area contributed by atoms with E-state index in [4.69, 9.17) is 10.5 Å². The lowest BCUT2D eigenvalue weighted by Crippen LogP contribution is -2.40. The Morgan fingerprint density at radius 2 is 2.14 bits per heavy atom. The van der Waals surface area contributed by atoms with Crippen molar-refractivity contribution < 1.29 is 21.9 Å². The Morgan fingerprint density at radius 1 is 1.43 bits per heavy atom. The molecule has 8 heteroatoms. The summed E-state index contributed by atoms with van der Waals surface area (Å²) in [7, 11) is -4.17. The van der Waals surface area contributed by atoms with Gasteiger partial charge in [-0.3, -0.25) is 0 Å². The van der Waals surface area contributed by atoms with E-state index in [1.807, 2.05) is 0 Å². The highest BCUT2D eigenvalue weighted by Crippen LogP contribution is 2.25. The highest BCUT2D eigenvalue weighted by Gasteiger charge is 2.32. The number of nitrogens with one attached hydrogen (secondary N) is 1. The van der Waals surface area contributed by atoms with Gasteiger partial charge in [0.15, 0.2) is 11.6 Å². The fraction of sp³-hybridized carbons (Fsp3) is 0.538. The second kappa shape index (κ2) is 5.96. The van der Waals surface area contributed by atoms with Gasteiger partial charge in [-0.15, -0.1) is 0 Å². The average molecular weight is 320 g/mol. The zero-order valence-corrected chi connectivity index (χ0v) is 12.5. The summed E-state index contributed by atoms with van der Waals surface area (Å²) in [6.45, 7) is 2.25. The van der Waals surface area contributed by atoms with Crippen LogP contribution in [0.25, 0.3) is 0 Å². The van der Waals surface area contributed by atoms with Crippen LogP contribution in [0, 0.1) is 11.6 Å². The van der Waals surface area contributed by atoms with Crippen LogP contribution in [-0.2, 0) is 21.3 Å². The summed E-state index contributed by atoms with van der Waals surface area (Å²) in [5.74, 6) is -2.64. The zero-order chi connectivity index (χ0) is 15.7. The van der Waals surface area contributed by atoms with E-state index in [0.29, 0.717) is 13.0 Å². The number of hydrogen-bond acceptors (Lipinski definition) is 4. The van der Waals surface area contributed by atoms with Gasteiger partial charge in [0.25, 0.3) is 0 Å². The first-order chi connectivity index (χ1) is 9.77. The monoisotopic (exact) mass is 320 g/mol. The van der Waals surface area contributed by atoms with Crippen molar-refractivity contribution >= 4 is 10.0 Å². The number of benzene rings is 1. The molecule has 1 fully saturated rings. The summed E-state index contributed by atoms with van der Waals surface area (Å²) in [5.41, 5.74) is 4.94. The van der Waals surface area contributed by atoms with Crippen molar-refractivity contribution in [2.45, 2.75) is 36.8 Å². The lowest BCUT2D eigenvalue weighted by atomic mass is 10.0. The van der Waals surface area contributed by atoms with E-state index in [0.717, 1.165) is 18.6 Å². The van der Waals surface area contributed by atoms with Gasteiger partial charge in [0.2, 0.25) is 10.0 Å². The van der Waals surface area contributed by atoms with E-state index in [9.17, 15) is 17.2 Å². The minimum absolute atomic E-state index is 0.00322. The summed E-state index contributed by atoms with van der Waals surface area (Å²) >= 11 is 0. The average Bonchev–Trinajstić information content (AvgIpc) is 2.87. The fourth-order valence-electron chi connectivity index (χ4n) is 2.23. The predicted molar refractivity (Wildman–Crippen MR) is 73.0 cm³/mol. The minimum Gasteiger partial charge on any atom is -0.374 e. The molecule has 0 radical (unpaired) electrons. The molecule has 5 nitrogen and oxygen atoms in total. The smallest absolute Gasteiger partial charge is 0.243 e. The first-order valence-electron chi connectivity index (χ1n) is 6.59. The van der Waals surface area contributed by atoms with Crippen molar-refractivity contribution in [3.8, 4) is 0 Å². The molecule has 0 spiro atoms. The van der Waals surface area contributed by atoms with Gasteiger partial charge in [-0.2, -0.15) is 0 Å². The van der Waals surface area contributed by atoms with Crippen LogP contribution < -0.4 is 10.5 Å². The number of sulfonamides is 1. The molecule has 1 aromatic rings. The van der Waals surface area contributed by atoms with Gasteiger partial charge in [-0.05, 0) is 37.5 Å². The molecule has 1 saturated heterocycles. The molecule has 21 heavy (non-hydrogen) atoms. The lowest BCUT2D eigenvalue weighted by Gasteiger charge is -2.23. The molecule has 0 saturated carbocycles. The quantitative estimate of drug-likeness (QED) is 0.856. The van der Waals surface area contributed by atoms with Crippen LogP contribution in [0.3, 0.4) is 0 Å². The van der Waals surface area contributed by atoms with E-state index < -0.39 is 32.2 Å². The second-order valence-corrected chi connectivity index (χ2v) is 7.06. The number of hydrogen-bond donors (Lipinski definition) is 2. The summed E-state index contributed by atoms with van der Waals surface area (Å²) < 4.78 is 59.2. The van der Waals surface area contributed by atoms with Crippen molar-refractivity contribution in [3.63, 3.8) is 0 Å². The molecule has 1 aliphatic heterocycles. The van der Waals surface area contributed by atoms with Crippen LogP contribution in [0.4, 0.5) is 8.78 Å². The van der Waals surface area contributed by atoms with Crippen LogP contribution in [0.15, 0.2) is 17.0 Å². The first-order valence-corrected chi connectivity index (χ1v) is 8.07. The molecule has 1 aliphatic rings. The third-order valence-corrected chi connectivity index (χ3v) is 4.92. The molecule has 118 valence electrons. The molecule has 0 aliphatic carbocycles. The van der Waals surface area contributed by atoms with Crippen molar-refractivity contribution in [2.24, 2.45) is 5.73 Å². The SMILES string of the molecule is CC1(CNS(=O)(=O)c2cc(CN)cc(F)c2F)CCCO1. The molecule has 2 rings (SSSR count). The van der Waals surface area contributed by atoms with E-state index in [1.165, 1.54) is 0 Å². The largest absolute Gasteiger partial charge is 0.374 e. The van der Waals surface area contributed by atoms with Crippen LogP contribution in [-0.4, -0.2) is 27.2 Å². The Balaban J connectivity index is 2.25. The fourth-order valence-corrected chi connectivity index (χ4v) is 3.52. The van der Waals surface area contributed by atoms with Gasteiger partial charge < -0.3 is 10.5 Å². The molecular weight excluding hydrogens is 302 g/mol. The van der Waals surface area contributed by atoms with Crippen molar-refractivity contribution in [2.75, 3.05) is 13.2 Å². The summed E-state index contributed by atoms with van der Waals surface area (Å²) in [6, 6.07) is 1.92. The molecule has 3 N–H and O–H groups in total. The standard InChI is InChI=1S/C13H18F2N2O3S/c1-13(3-2-4-20-13)8-17-21(18,19)11-6-9(7-16)5-10(14)12(11)15/h5-6,17H,2-4,7-8,16H2,1H3. The normalized spacial score (nSPS) is 22.7. The topological polar surface area (TPSA) is 81.4 Å². The van der Waals surface area contributed by atoms with Crippen LogP contribution >= 0.6 is 0 Å². The van der Waals surface area contributed by atoms with Gasteiger partial charge in [0, 0.05) is 19.7 Å². The molecular formula is C13H18F2N2O3S. The Hall–Kier alpha value is -1.09. The van der Waals surface area contributed by atoms with Crippen LogP contribution in [0.5, 0.6) is 0 Å². The van der Waals surface area contributed by atoms with E-state index in [1.54, 1.807) is 6.92 Å². The zero-order valence-electron chi connectivity index (χ0n) is 11.7. The van der Waals surface area contributed by atoms with Crippen molar-refractivity contribution in [1.82, 2.24) is 4.72 Å². The van der Waals surface area contributed by atoms with Gasteiger partial charge >= 0.3 is 0 Å². The third-order valence-electron chi connectivity index (χ3n) is 3.52. The Kier molecular flexibility index (Phi) is 4.62. The summed E-state index contributed by atoms with van der Waals surface area (Å²) in [5, 5.41) is 0. The van der Waals surface area contributed by atoms with Crippen molar-refractivity contribution in [1.29, 1.82) is 0 Å². The molecule has 1 atom stereocenters. The first kappa shape index (κ1) is 16.3. The molecule has 0 amide bonds. The number of nitrogens with two attached hydrogens (primary N) is 1. The molecule has 1 aromatic carbocycles. The summed E-state index contributed by atoms with van der Waals surface area (Å²) in [6.07, 6.45) is 1.54. The Bertz CT molecular complexity index is 629. The number of rotatable bonds is 5. The van der Waals surface area contributed by atoms with E-state index in [-0.39, 0.29) is 18.7 Å². The summed E-state index contributed by atoms with van der Waals surface area (Å²) in [4.78, 5) is -0.732. The van der Waals surface area contributed by atoms with E-state index >= 15 is 0 Å². The minimum atomic E-state index is -4.17. The van der Waals surface area contributed by atoms with E-state index in [2.05, 4.69) is 4.72 Å². The maximum absolute atomic E-state index is 13.7. The molecule has 0 aromatic heterocycles. The third kappa shape index (κ3) is 3.57. The maximum Gasteiger partial charge on any atom is 0.243 e. The molecule has 0 bridgehead atoms. The number of ether oxygens (including phenoxy) is 1. The van der Waals surface area contributed by atoms with Gasteiger partial charge in [-0.1, -0.05) is 0 Å². The predicted octanol–water partition coefficient (Wildman–Crippen LogP) is 1.27. The van der Waals surface area contributed by atoms with Crippen LogP contribution in [0.2, 0.25) is 0 Å². The second-order valence-electron chi connectivity index (χ2n) is 5.32. The van der Waals surface area contributed by atoms with Gasteiger partial charge in [0.05, 0.1) is 5.60 Å². The van der Waals surface area contributed by atoms with Gasteiger partial charge in [0.1, 0.15) is 4.90 Å². The molecule has 1 heterocycles. The Morgan fingerprint density at radius 3 is 2.71 bits per heavy atom. The van der Waals surface area contributed by atoms with Crippen LogP contribution in [0.1, 0.15) is 25.3 Å². The molecule has 1 unspecified atom stereocenters. The lowest BCUT2D eigenvalue weighted by molar-refractivity contribution is 0.0250. The highest BCUT2D eigenvalue weighted by atomic mass is 32.2. The van der Waals surface area contributed by atoms with Gasteiger partial charge in [-0.25, -0.2) is 21.9 Å². The number of halogens is 2. The van der Waals surface area contributed by atoms with Crippen molar-refractivity contribution in [3.05, 3.63) is 29.3 Å². The Labute approximate surface area is 122 Å².